The number of carbonyl (C=O) groups is 1. The van der Waals surface area contributed by atoms with Crippen LogP contribution < -0.4 is 5.32 Å². The second kappa shape index (κ2) is 5.35. The molecule has 21 heavy (non-hydrogen) atoms. The quantitative estimate of drug-likeness (QED) is 0.938. The van der Waals surface area contributed by atoms with E-state index < -0.39 is 0 Å². The Kier molecular flexibility index (Phi) is 3.53. The highest BCUT2D eigenvalue weighted by molar-refractivity contribution is 5.96. The summed E-state index contributed by atoms with van der Waals surface area (Å²) in [5.74, 6) is 1.79. The Morgan fingerprint density at radius 1 is 1.52 bits per heavy atom. The molecule has 0 aromatic carbocycles. The second-order valence-electron chi connectivity index (χ2n) is 5.87. The van der Waals surface area contributed by atoms with Crippen LogP contribution in [0.15, 0.2) is 16.9 Å². The van der Waals surface area contributed by atoms with Crippen LogP contribution in [0.3, 0.4) is 0 Å². The Hall–Kier alpha value is -2.11. The van der Waals surface area contributed by atoms with E-state index in [9.17, 15) is 4.79 Å². The number of amides is 1. The Labute approximate surface area is 123 Å². The number of imidazole rings is 1. The minimum atomic E-state index is -0.0917. The van der Waals surface area contributed by atoms with Crippen LogP contribution in [0.2, 0.25) is 0 Å². The lowest BCUT2D eigenvalue weighted by molar-refractivity contribution is 0.0924. The third-order valence-electron chi connectivity index (χ3n) is 3.91. The van der Waals surface area contributed by atoms with E-state index in [4.69, 9.17) is 4.52 Å². The first-order valence-corrected chi connectivity index (χ1v) is 7.33. The van der Waals surface area contributed by atoms with Crippen LogP contribution in [-0.4, -0.2) is 26.7 Å². The second-order valence-corrected chi connectivity index (χ2v) is 5.87. The topological polar surface area (TPSA) is 73.0 Å². The molecule has 3 heterocycles. The molecule has 0 aliphatic carbocycles. The van der Waals surface area contributed by atoms with E-state index in [0.717, 1.165) is 25.2 Å². The highest BCUT2D eigenvalue weighted by Crippen LogP contribution is 2.22. The lowest BCUT2D eigenvalue weighted by atomic mass is 10.0. The van der Waals surface area contributed by atoms with Crippen molar-refractivity contribution in [3.8, 4) is 0 Å². The Morgan fingerprint density at radius 2 is 2.33 bits per heavy atom. The predicted octanol–water partition coefficient (Wildman–Crippen LogP) is 2.05. The maximum Gasteiger partial charge on any atom is 0.257 e. The van der Waals surface area contributed by atoms with E-state index in [0.29, 0.717) is 17.0 Å². The average Bonchev–Trinajstić information content (AvgIpc) is 3.04. The van der Waals surface area contributed by atoms with Crippen molar-refractivity contribution in [1.29, 1.82) is 0 Å². The summed E-state index contributed by atoms with van der Waals surface area (Å²) in [5, 5.41) is 7.03. The first-order valence-electron chi connectivity index (χ1n) is 7.33. The van der Waals surface area contributed by atoms with Gasteiger partial charge in [0.1, 0.15) is 11.4 Å². The van der Waals surface area contributed by atoms with Gasteiger partial charge in [-0.15, -0.1) is 0 Å². The normalized spacial score (nSPS) is 17.8. The lowest BCUT2D eigenvalue weighted by Crippen LogP contribution is -2.41. The van der Waals surface area contributed by atoms with Crippen molar-refractivity contribution in [2.45, 2.75) is 52.1 Å². The van der Waals surface area contributed by atoms with E-state index >= 15 is 0 Å². The van der Waals surface area contributed by atoms with Crippen molar-refractivity contribution in [2.24, 2.45) is 0 Å². The van der Waals surface area contributed by atoms with Crippen LogP contribution in [0.1, 0.15) is 53.8 Å². The number of aromatic nitrogens is 3. The Morgan fingerprint density at radius 3 is 3.10 bits per heavy atom. The molecule has 112 valence electrons. The molecule has 1 atom stereocenters. The minimum Gasteiger partial charge on any atom is -0.360 e. The monoisotopic (exact) mass is 288 g/mol. The summed E-state index contributed by atoms with van der Waals surface area (Å²) in [5.41, 5.74) is 1.23. The Bertz CT molecular complexity index is 656. The van der Waals surface area contributed by atoms with E-state index in [-0.39, 0.29) is 17.9 Å². The van der Waals surface area contributed by atoms with Crippen LogP contribution >= 0.6 is 0 Å². The molecule has 2 aromatic rings. The molecule has 3 rings (SSSR count). The molecule has 1 amide bonds. The molecule has 1 aliphatic rings. The zero-order valence-electron chi connectivity index (χ0n) is 12.6. The fraction of sp³-hybridized carbons (Fsp3) is 0.533. The van der Waals surface area contributed by atoms with Gasteiger partial charge in [0.2, 0.25) is 0 Å². The summed E-state index contributed by atoms with van der Waals surface area (Å²) in [6.07, 6.45) is 5.56. The van der Waals surface area contributed by atoms with Crippen LogP contribution in [0, 0.1) is 6.92 Å². The van der Waals surface area contributed by atoms with Gasteiger partial charge in [0.15, 0.2) is 5.76 Å². The van der Waals surface area contributed by atoms with E-state index in [2.05, 4.69) is 20.0 Å². The van der Waals surface area contributed by atoms with Crippen molar-refractivity contribution in [3.05, 3.63) is 35.2 Å². The van der Waals surface area contributed by atoms with E-state index in [1.165, 1.54) is 0 Å². The van der Waals surface area contributed by atoms with Crippen LogP contribution in [0.5, 0.6) is 0 Å². The van der Waals surface area contributed by atoms with Crippen molar-refractivity contribution >= 4 is 5.91 Å². The molecule has 1 aliphatic heterocycles. The zero-order valence-corrected chi connectivity index (χ0v) is 12.6. The number of rotatable bonds is 3. The first-order chi connectivity index (χ1) is 10.1. The molecule has 0 saturated heterocycles. The van der Waals surface area contributed by atoms with E-state index in [1.807, 2.05) is 20.0 Å². The average molecular weight is 288 g/mol. The van der Waals surface area contributed by atoms with Gasteiger partial charge in [-0.3, -0.25) is 4.79 Å². The maximum atomic E-state index is 12.5. The number of hydrogen-bond donors (Lipinski definition) is 1. The van der Waals surface area contributed by atoms with Gasteiger partial charge in [-0.05, 0) is 13.3 Å². The van der Waals surface area contributed by atoms with Gasteiger partial charge in [-0.25, -0.2) is 4.98 Å². The molecule has 0 fully saturated rings. The minimum absolute atomic E-state index is 0.0917. The van der Waals surface area contributed by atoms with Crippen molar-refractivity contribution < 1.29 is 9.32 Å². The third-order valence-corrected chi connectivity index (χ3v) is 3.91. The van der Waals surface area contributed by atoms with Crippen LogP contribution in [-0.2, 0) is 13.0 Å². The molecule has 1 N–H and O–H groups in total. The standard InChI is InChI=1S/C15H20N4O2/c1-9(2)14-13(10(3)18-21-14)15(20)17-11-4-5-12-16-6-7-19(12)8-11/h6-7,9,11H,4-5,8H2,1-3H3,(H,17,20)/t11-/m0/s1. The molecule has 0 bridgehead atoms. The third kappa shape index (κ3) is 2.57. The number of nitrogens with zero attached hydrogens (tertiary/aromatic N) is 3. The fourth-order valence-electron chi connectivity index (χ4n) is 2.80. The SMILES string of the molecule is Cc1noc(C(C)C)c1C(=O)N[C@H]1CCc2nccn2C1. The molecule has 6 heteroatoms. The molecule has 0 spiro atoms. The predicted molar refractivity (Wildman–Crippen MR) is 77.1 cm³/mol. The van der Waals surface area contributed by atoms with Crippen molar-refractivity contribution in [2.75, 3.05) is 0 Å². The zero-order chi connectivity index (χ0) is 15.0. The van der Waals surface area contributed by atoms with Crippen LogP contribution in [0.4, 0.5) is 0 Å². The summed E-state index contributed by atoms with van der Waals surface area (Å²) >= 11 is 0. The number of carbonyl (C=O) groups excluding carboxylic acids is 1. The summed E-state index contributed by atoms with van der Waals surface area (Å²) < 4.78 is 7.38. The fourth-order valence-corrected chi connectivity index (χ4v) is 2.80. The van der Waals surface area contributed by atoms with Gasteiger partial charge in [-0.1, -0.05) is 19.0 Å². The Balaban J connectivity index is 1.74. The smallest absolute Gasteiger partial charge is 0.257 e. The largest absolute Gasteiger partial charge is 0.360 e. The molecule has 0 saturated carbocycles. The summed E-state index contributed by atoms with van der Waals surface area (Å²) in [7, 11) is 0. The lowest BCUT2D eigenvalue weighted by Gasteiger charge is -2.24. The molecule has 0 unspecified atom stereocenters. The van der Waals surface area contributed by atoms with Crippen molar-refractivity contribution in [1.82, 2.24) is 20.0 Å². The maximum absolute atomic E-state index is 12.5. The van der Waals surface area contributed by atoms with Gasteiger partial charge in [-0.2, -0.15) is 0 Å². The van der Waals surface area contributed by atoms with Gasteiger partial charge in [0.05, 0.1) is 5.69 Å². The molecule has 0 radical (unpaired) electrons. The molecular weight excluding hydrogens is 268 g/mol. The number of fused-ring (bicyclic) bond motifs is 1. The number of hydrogen-bond acceptors (Lipinski definition) is 4. The molecular formula is C15H20N4O2. The summed E-state index contributed by atoms with van der Waals surface area (Å²) in [4.78, 5) is 16.8. The highest BCUT2D eigenvalue weighted by Gasteiger charge is 2.26. The van der Waals surface area contributed by atoms with Gasteiger partial charge in [0, 0.05) is 37.3 Å². The van der Waals surface area contributed by atoms with Crippen molar-refractivity contribution in [3.63, 3.8) is 0 Å². The summed E-state index contributed by atoms with van der Waals surface area (Å²) in [6, 6.07) is 0.119. The summed E-state index contributed by atoms with van der Waals surface area (Å²) in [6.45, 7) is 6.56. The number of nitrogens with one attached hydrogen (secondary N) is 1. The first kappa shape index (κ1) is 13.9. The van der Waals surface area contributed by atoms with Gasteiger partial charge < -0.3 is 14.4 Å². The van der Waals surface area contributed by atoms with E-state index in [1.54, 1.807) is 13.1 Å². The van der Waals surface area contributed by atoms with Crippen LogP contribution in [0.25, 0.3) is 0 Å². The highest BCUT2D eigenvalue weighted by atomic mass is 16.5. The van der Waals surface area contributed by atoms with Gasteiger partial charge >= 0.3 is 0 Å². The molecule has 2 aromatic heterocycles. The molecule has 6 nitrogen and oxygen atoms in total. The number of aryl methyl sites for hydroxylation is 2. The van der Waals surface area contributed by atoms with Gasteiger partial charge in [0.25, 0.3) is 5.91 Å².